The fourth-order valence-corrected chi connectivity index (χ4v) is 3.62. The minimum atomic E-state index is -0.125. The first kappa shape index (κ1) is 18.5. The summed E-state index contributed by atoms with van der Waals surface area (Å²) in [5.41, 5.74) is 2.99. The summed E-state index contributed by atoms with van der Waals surface area (Å²) in [6.07, 6.45) is 5.24. The Balaban J connectivity index is 1.55. The molecule has 3 aromatic rings. The second-order valence-electron chi connectivity index (χ2n) is 6.98. The van der Waals surface area contributed by atoms with E-state index in [1.165, 1.54) is 0 Å². The molecule has 0 aromatic carbocycles. The predicted octanol–water partition coefficient (Wildman–Crippen LogP) is 2.58. The molecule has 0 radical (unpaired) electrons. The van der Waals surface area contributed by atoms with E-state index in [2.05, 4.69) is 16.5 Å². The summed E-state index contributed by atoms with van der Waals surface area (Å²) in [6.45, 7) is 1.25. The average molecular weight is 385 g/mol. The Morgan fingerprint density at radius 1 is 1.31 bits per heavy atom. The molecule has 1 amide bonds. The number of carbonyl (C=O) groups is 1. The van der Waals surface area contributed by atoms with Crippen LogP contribution in [0.4, 0.5) is 5.82 Å². The first-order valence-electron chi connectivity index (χ1n) is 9.44. The standard InChI is InChI=1S/C21H19N7O/c22-8-6-21(29)27-9-2-3-16(14-27)25-20-5-1-4-18(26-20)17-13-24-28-10-7-15(12-23)11-19(17)28/h1,4-5,7,10-11,13,16H,2-3,6,9,14H2,(H,25,26)/t16-/m1/s1. The van der Waals surface area contributed by atoms with Crippen molar-refractivity contribution >= 4 is 17.2 Å². The van der Waals surface area contributed by atoms with Crippen molar-refractivity contribution in [1.82, 2.24) is 19.5 Å². The second kappa shape index (κ2) is 7.99. The van der Waals surface area contributed by atoms with E-state index in [-0.39, 0.29) is 18.4 Å². The first-order valence-corrected chi connectivity index (χ1v) is 9.44. The van der Waals surface area contributed by atoms with E-state index in [1.54, 1.807) is 33.9 Å². The van der Waals surface area contributed by atoms with Crippen LogP contribution in [0, 0.1) is 22.7 Å². The third-order valence-electron chi connectivity index (χ3n) is 5.03. The normalized spacial score (nSPS) is 16.2. The van der Waals surface area contributed by atoms with E-state index in [1.807, 2.05) is 24.3 Å². The lowest BCUT2D eigenvalue weighted by atomic mass is 10.1. The molecular formula is C21H19N7O. The number of rotatable bonds is 4. The van der Waals surface area contributed by atoms with Gasteiger partial charge in [-0.1, -0.05) is 6.07 Å². The van der Waals surface area contributed by atoms with Gasteiger partial charge in [0.05, 0.1) is 35.1 Å². The highest BCUT2D eigenvalue weighted by atomic mass is 16.2. The van der Waals surface area contributed by atoms with E-state index in [0.717, 1.165) is 35.4 Å². The van der Waals surface area contributed by atoms with Crippen molar-refractivity contribution in [3.05, 3.63) is 48.3 Å². The molecule has 0 saturated carbocycles. The van der Waals surface area contributed by atoms with Crippen LogP contribution in [0.15, 0.2) is 42.7 Å². The smallest absolute Gasteiger partial charge is 0.236 e. The molecule has 1 aliphatic rings. The number of nitriles is 2. The minimum Gasteiger partial charge on any atom is -0.366 e. The van der Waals surface area contributed by atoms with Gasteiger partial charge >= 0.3 is 0 Å². The van der Waals surface area contributed by atoms with E-state index >= 15 is 0 Å². The minimum absolute atomic E-state index is 0.0835. The zero-order valence-corrected chi connectivity index (χ0v) is 15.7. The number of hydrogen-bond donors (Lipinski definition) is 1. The van der Waals surface area contributed by atoms with Crippen LogP contribution in [0.3, 0.4) is 0 Å². The van der Waals surface area contributed by atoms with E-state index in [0.29, 0.717) is 18.7 Å². The van der Waals surface area contributed by atoms with E-state index in [9.17, 15) is 4.79 Å². The highest BCUT2D eigenvalue weighted by Crippen LogP contribution is 2.25. The van der Waals surface area contributed by atoms with Crippen molar-refractivity contribution in [2.45, 2.75) is 25.3 Å². The van der Waals surface area contributed by atoms with Gasteiger partial charge in [0.1, 0.15) is 12.2 Å². The number of likely N-dealkylation sites (tertiary alicyclic amines) is 1. The predicted molar refractivity (Wildman–Crippen MR) is 107 cm³/mol. The Labute approximate surface area is 168 Å². The molecule has 0 unspecified atom stereocenters. The fourth-order valence-electron chi connectivity index (χ4n) is 3.62. The zero-order valence-electron chi connectivity index (χ0n) is 15.7. The Morgan fingerprint density at radius 3 is 3.03 bits per heavy atom. The molecular weight excluding hydrogens is 366 g/mol. The lowest BCUT2D eigenvalue weighted by Crippen LogP contribution is -2.45. The van der Waals surface area contributed by atoms with Gasteiger partial charge in [0, 0.05) is 30.9 Å². The molecule has 4 rings (SSSR count). The van der Waals surface area contributed by atoms with Gasteiger partial charge in [-0.2, -0.15) is 15.6 Å². The molecule has 0 bridgehead atoms. The quantitative estimate of drug-likeness (QED) is 0.739. The third kappa shape index (κ3) is 3.87. The van der Waals surface area contributed by atoms with Crippen LogP contribution in [0.5, 0.6) is 0 Å². The number of amides is 1. The third-order valence-corrected chi connectivity index (χ3v) is 5.03. The van der Waals surface area contributed by atoms with E-state index < -0.39 is 0 Å². The number of piperidine rings is 1. The molecule has 1 N–H and O–H groups in total. The lowest BCUT2D eigenvalue weighted by molar-refractivity contribution is -0.131. The van der Waals surface area contributed by atoms with Crippen LogP contribution in [-0.2, 0) is 4.79 Å². The van der Waals surface area contributed by atoms with Crippen molar-refractivity contribution < 1.29 is 4.79 Å². The summed E-state index contributed by atoms with van der Waals surface area (Å²) in [5.74, 6) is 0.596. The van der Waals surface area contributed by atoms with Crippen molar-refractivity contribution in [3.63, 3.8) is 0 Å². The van der Waals surface area contributed by atoms with Gasteiger partial charge in [-0.25, -0.2) is 9.50 Å². The number of hydrogen-bond acceptors (Lipinski definition) is 6. The SMILES string of the molecule is N#CCC(=O)N1CCC[C@@H](Nc2cccc(-c3cnn4ccc(C#N)cc34)n2)C1. The fraction of sp³-hybridized carbons (Fsp3) is 0.286. The molecule has 1 atom stereocenters. The van der Waals surface area contributed by atoms with Gasteiger partial charge < -0.3 is 10.2 Å². The van der Waals surface area contributed by atoms with Crippen molar-refractivity contribution in [1.29, 1.82) is 10.5 Å². The molecule has 144 valence electrons. The summed E-state index contributed by atoms with van der Waals surface area (Å²) in [6, 6.07) is 13.4. The Bertz CT molecular complexity index is 1140. The van der Waals surface area contributed by atoms with Crippen molar-refractivity contribution in [3.8, 4) is 23.4 Å². The highest BCUT2D eigenvalue weighted by Gasteiger charge is 2.23. The maximum absolute atomic E-state index is 12.0. The average Bonchev–Trinajstić information content (AvgIpc) is 3.17. The summed E-state index contributed by atoms with van der Waals surface area (Å²) in [4.78, 5) is 18.5. The summed E-state index contributed by atoms with van der Waals surface area (Å²) in [7, 11) is 0. The largest absolute Gasteiger partial charge is 0.366 e. The Kier molecular flexibility index (Phi) is 5.08. The molecule has 3 aromatic heterocycles. The number of fused-ring (bicyclic) bond motifs is 1. The Hall–Kier alpha value is -3.91. The summed E-state index contributed by atoms with van der Waals surface area (Å²) >= 11 is 0. The van der Waals surface area contributed by atoms with Gasteiger partial charge in [-0.15, -0.1) is 0 Å². The van der Waals surface area contributed by atoms with Crippen molar-refractivity contribution in [2.75, 3.05) is 18.4 Å². The summed E-state index contributed by atoms with van der Waals surface area (Å²) in [5, 5.41) is 25.7. The van der Waals surface area contributed by atoms with Crippen LogP contribution >= 0.6 is 0 Å². The van der Waals surface area contributed by atoms with E-state index in [4.69, 9.17) is 15.5 Å². The van der Waals surface area contributed by atoms with Gasteiger partial charge in [0.25, 0.3) is 0 Å². The van der Waals surface area contributed by atoms with Crippen LogP contribution in [0.2, 0.25) is 0 Å². The van der Waals surface area contributed by atoms with Gasteiger partial charge in [0.2, 0.25) is 5.91 Å². The van der Waals surface area contributed by atoms with Gasteiger partial charge in [0.15, 0.2) is 0 Å². The van der Waals surface area contributed by atoms with Crippen LogP contribution in [0.25, 0.3) is 16.8 Å². The molecule has 1 aliphatic heterocycles. The molecule has 8 heteroatoms. The molecule has 8 nitrogen and oxygen atoms in total. The van der Waals surface area contributed by atoms with Crippen LogP contribution < -0.4 is 5.32 Å². The summed E-state index contributed by atoms with van der Waals surface area (Å²) < 4.78 is 1.72. The monoisotopic (exact) mass is 385 g/mol. The zero-order chi connectivity index (χ0) is 20.2. The molecule has 1 saturated heterocycles. The van der Waals surface area contributed by atoms with Crippen LogP contribution in [-0.4, -0.2) is 44.5 Å². The van der Waals surface area contributed by atoms with Crippen molar-refractivity contribution in [2.24, 2.45) is 0 Å². The topological polar surface area (TPSA) is 110 Å². The number of nitrogens with one attached hydrogen (secondary N) is 1. The van der Waals surface area contributed by atoms with Crippen LogP contribution in [0.1, 0.15) is 24.8 Å². The highest BCUT2D eigenvalue weighted by molar-refractivity contribution is 5.79. The number of carbonyl (C=O) groups excluding carboxylic acids is 1. The van der Waals surface area contributed by atoms with Gasteiger partial charge in [-0.3, -0.25) is 4.79 Å². The maximum atomic E-state index is 12.0. The first-order chi connectivity index (χ1) is 14.2. The lowest BCUT2D eigenvalue weighted by Gasteiger charge is -2.33. The second-order valence-corrected chi connectivity index (χ2v) is 6.98. The molecule has 29 heavy (non-hydrogen) atoms. The molecule has 0 spiro atoms. The maximum Gasteiger partial charge on any atom is 0.236 e. The number of nitrogens with zero attached hydrogens (tertiary/aromatic N) is 6. The number of aromatic nitrogens is 3. The number of anilines is 1. The molecule has 4 heterocycles. The number of pyridine rings is 2. The Morgan fingerprint density at radius 2 is 2.21 bits per heavy atom. The van der Waals surface area contributed by atoms with Gasteiger partial charge in [-0.05, 0) is 37.1 Å². The molecule has 0 aliphatic carbocycles. The molecule has 1 fully saturated rings.